The fourth-order valence-electron chi connectivity index (χ4n) is 1.63. The monoisotopic (exact) mass is 308 g/mol. The van der Waals surface area contributed by atoms with Crippen LogP contribution in [0.4, 0.5) is 4.39 Å². The van der Waals surface area contributed by atoms with Gasteiger partial charge in [0.15, 0.2) is 5.82 Å². The lowest BCUT2D eigenvalue weighted by molar-refractivity contribution is -0.119. The van der Waals surface area contributed by atoms with Crippen LogP contribution in [0.1, 0.15) is 20.3 Å². The lowest BCUT2D eigenvalue weighted by atomic mass is 10.2. The molecule has 2 rings (SSSR count). The fraction of sp³-hybridized carbons (Fsp3) is 0.357. The van der Waals surface area contributed by atoms with Crippen molar-refractivity contribution in [3.63, 3.8) is 0 Å². The summed E-state index contributed by atoms with van der Waals surface area (Å²) in [6.07, 6.45) is 0.883. The minimum Gasteiger partial charge on any atom is -0.353 e. The van der Waals surface area contributed by atoms with Crippen LogP contribution >= 0.6 is 11.8 Å². The number of aromatic amines is 1. The molecule has 0 aliphatic rings. The molecule has 112 valence electrons. The second-order valence-corrected chi connectivity index (χ2v) is 5.55. The Morgan fingerprint density at radius 1 is 1.48 bits per heavy atom. The van der Waals surface area contributed by atoms with Crippen molar-refractivity contribution in [1.29, 1.82) is 0 Å². The number of hydrogen-bond acceptors (Lipinski definition) is 4. The predicted octanol–water partition coefficient (Wildman–Crippen LogP) is 2.62. The number of halogens is 1. The largest absolute Gasteiger partial charge is 0.353 e. The molecule has 0 saturated heterocycles. The first-order valence-corrected chi connectivity index (χ1v) is 7.68. The normalized spacial score (nSPS) is 12.1. The summed E-state index contributed by atoms with van der Waals surface area (Å²) in [7, 11) is 0. The highest BCUT2D eigenvalue weighted by atomic mass is 32.2. The third-order valence-electron chi connectivity index (χ3n) is 2.95. The second kappa shape index (κ2) is 7.21. The van der Waals surface area contributed by atoms with Gasteiger partial charge < -0.3 is 5.32 Å². The maximum atomic E-state index is 13.6. The van der Waals surface area contributed by atoms with E-state index in [9.17, 15) is 9.18 Å². The van der Waals surface area contributed by atoms with Crippen LogP contribution in [0.15, 0.2) is 29.4 Å². The summed E-state index contributed by atoms with van der Waals surface area (Å²) in [5.41, 5.74) is 0.362. The van der Waals surface area contributed by atoms with Crippen LogP contribution < -0.4 is 5.32 Å². The van der Waals surface area contributed by atoms with Crippen molar-refractivity contribution >= 4 is 17.7 Å². The summed E-state index contributed by atoms with van der Waals surface area (Å²) in [6, 6.07) is 6.49. The van der Waals surface area contributed by atoms with Crippen molar-refractivity contribution in [2.24, 2.45) is 0 Å². The van der Waals surface area contributed by atoms with Crippen LogP contribution in [0.25, 0.3) is 11.4 Å². The SMILES string of the molecule is CC[C@H](C)NC(=O)CSc1n[nH]c(-c2ccccc2F)n1. The van der Waals surface area contributed by atoms with Gasteiger partial charge in [0, 0.05) is 6.04 Å². The van der Waals surface area contributed by atoms with Gasteiger partial charge in [0.1, 0.15) is 5.82 Å². The smallest absolute Gasteiger partial charge is 0.230 e. The molecular formula is C14H17FN4OS. The van der Waals surface area contributed by atoms with Gasteiger partial charge in [0.05, 0.1) is 11.3 Å². The zero-order chi connectivity index (χ0) is 15.2. The molecule has 0 unspecified atom stereocenters. The summed E-state index contributed by atoms with van der Waals surface area (Å²) in [6.45, 7) is 3.96. The summed E-state index contributed by atoms with van der Waals surface area (Å²) in [4.78, 5) is 15.8. The summed E-state index contributed by atoms with van der Waals surface area (Å²) < 4.78 is 13.6. The molecule has 1 aromatic carbocycles. The van der Waals surface area contributed by atoms with Gasteiger partial charge in [-0.25, -0.2) is 9.37 Å². The van der Waals surface area contributed by atoms with Gasteiger partial charge in [-0.05, 0) is 25.5 Å². The first-order chi connectivity index (χ1) is 10.1. The number of carbonyl (C=O) groups excluding carboxylic acids is 1. The topological polar surface area (TPSA) is 70.7 Å². The number of nitrogens with zero attached hydrogens (tertiary/aromatic N) is 2. The second-order valence-electron chi connectivity index (χ2n) is 4.61. The van der Waals surface area contributed by atoms with Gasteiger partial charge in [-0.15, -0.1) is 5.10 Å². The summed E-state index contributed by atoms with van der Waals surface area (Å²) in [5.74, 6) is 0.170. The van der Waals surface area contributed by atoms with E-state index in [1.165, 1.54) is 17.8 Å². The van der Waals surface area contributed by atoms with Crippen LogP contribution in [-0.4, -0.2) is 32.9 Å². The van der Waals surface area contributed by atoms with E-state index in [0.29, 0.717) is 16.5 Å². The average Bonchev–Trinajstić information content (AvgIpc) is 2.94. The minimum absolute atomic E-state index is 0.0633. The molecule has 1 heterocycles. The van der Waals surface area contributed by atoms with Crippen LogP contribution in [0.3, 0.4) is 0 Å². The molecule has 5 nitrogen and oxygen atoms in total. The number of H-pyrrole nitrogens is 1. The lowest BCUT2D eigenvalue weighted by Gasteiger charge is -2.09. The maximum absolute atomic E-state index is 13.6. The van der Waals surface area contributed by atoms with Crippen LogP contribution in [0.5, 0.6) is 0 Å². The molecule has 0 aliphatic heterocycles. The van der Waals surface area contributed by atoms with Crippen molar-refractivity contribution in [2.75, 3.05) is 5.75 Å². The van der Waals surface area contributed by atoms with Gasteiger partial charge in [0.25, 0.3) is 0 Å². The Balaban J connectivity index is 1.95. The number of benzene rings is 1. The third-order valence-corrected chi connectivity index (χ3v) is 3.79. The van der Waals surface area contributed by atoms with Crippen LogP contribution in [0, 0.1) is 5.82 Å². The molecule has 0 bridgehead atoms. The fourth-order valence-corrected chi connectivity index (χ4v) is 2.24. The highest BCUT2D eigenvalue weighted by Gasteiger charge is 2.12. The Kier molecular flexibility index (Phi) is 5.32. The van der Waals surface area contributed by atoms with E-state index in [0.717, 1.165) is 6.42 Å². The predicted molar refractivity (Wildman–Crippen MR) is 80.4 cm³/mol. The van der Waals surface area contributed by atoms with E-state index < -0.39 is 0 Å². The quantitative estimate of drug-likeness (QED) is 0.805. The van der Waals surface area contributed by atoms with Crippen LogP contribution in [-0.2, 0) is 4.79 Å². The molecule has 1 atom stereocenters. The van der Waals surface area contributed by atoms with E-state index >= 15 is 0 Å². The van der Waals surface area contributed by atoms with E-state index in [4.69, 9.17) is 0 Å². The Hall–Kier alpha value is -1.89. The molecule has 0 radical (unpaired) electrons. The first kappa shape index (κ1) is 15.5. The molecule has 0 spiro atoms. The Morgan fingerprint density at radius 3 is 2.95 bits per heavy atom. The molecule has 2 N–H and O–H groups in total. The number of nitrogens with one attached hydrogen (secondary N) is 2. The lowest BCUT2D eigenvalue weighted by Crippen LogP contribution is -2.33. The number of amides is 1. The van der Waals surface area contributed by atoms with Crippen molar-refractivity contribution in [3.05, 3.63) is 30.1 Å². The molecule has 7 heteroatoms. The minimum atomic E-state index is -0.361. The van der Waals surface area contributed by atoms with E-state index in [1.54, 1.807) is 18.2 Å². The molecule has 21 heavy (non-hydrogen) atoms. The molecule has 0 saturated carbocycles. The van der Waals surface area contributed by atoms with E-state index in [2.05, 4.69) is 20.5 Å². The first-order valence-electron chi connectivity index (χ1n) is 6.69. The van der Waals surface area contributed by atoms with Crippen LogP contribution in [0.2, 0.25) is 0 Å². The van der Waals surface area contributed by atoms with E-state index in [-0.39, 0.29) is 23.5 Å². The Morgan fingerprint density at radius 2 is 2.24 bits per heavy atom. The van der Waals surface area contributed by atoms with Crippen molar-refractivity contribution < 1.29 is 9.18 Å². The molecule has 1 amide bonds. The maximum Gasteiger partial charge on any atom is 0.230 e. The molecule has 0 fully saturated rings. The highest BCUT2D eigenvalue weighted by molar-refractivity contribution is 7.99. The zero-order valence-electron chi connectivity index (χ0n) is 11.9. The van der Waals surface area contributed by atoms with Crippen molar-refractivity contribution in [2.45, 2.75) is 31.5 Å². The number of hydrogen-bond donors (Lipinski definition) is 2. The average molecular weight is 308 g/mol. The zero-order valence-corrected chi connectivity index (χ0v) is 12.7. The molecular weight excluding hydrogens is 291 g/mol. The molecule has 2 aromatic rings. The Labute approximate surface area is 126 Å². The van der Waals surface area contributed by atoms with Gasteiger partial charge in [-0.2, -0.15) is 0 Å². The number of thioether (sulfide) groups is 1. The van der Waals surface area contributed by atoms with Crippen molar-refractivity contribution in [1.82, 2.24) is 20.5 Å². The summed E-state index contributed by atoms with van der Waals surface area (Å²) in [5, 5.41) is 9.96. The summed E-state index contributed by atoms with van der Waals surface area (Å²) >= 11 is 1.21. The Bertz CT molecular complexity index is 617. The highest BCUT2D eigenvalue weighted by Crippen LogP contribution is 2.21. The van der Waals surface area contributed by atoms with Gasteiger partial charge in [-0.3, -0.25) is 9.89 Å². The standard InChI is InChI=1S/C14H17FN4OS/c1-3-9(2)16-12(20)8-21-14-17-13(18-19-14)10-6-4-5-7-11(10)15/h4-7,9H,3,8H2,1-2H3,(H,16,20)(H,17,18,19)/t9-/m0/s1. The molecule has 0 aliphatic carbocycles. The van der Waals surface area contributed by atoms with Crippen molar-refractivity contribution in [3.8, 4) is 11.4 Å². The number of aromatic nitrogens is 3. The number of carbonyl (C=O) groups is 1. The van der Waals surface area contributed by atoms with E-state index in [1.807, 2.05) is 13.8 Å². The molecule has 1 aromatic heterocycles. The van der Waals surface area contributed by atoms with Gasteiger partial charge in [0.2, 0.25) is 11.1 Å². The van der Waals surface area contributed by atoms with Gasteiger partial charge in [-0.1, -0.05) is 30.8 Å². The third kappa shape index (κ3) is 4.29. The number of rotatable bonds is 6. The van der Waals surface area contributed by atoms with Gasteiger partial charge >= 0.3 is 0 Å².